The first-order chi connectivity index (χ1) is 4.67. The Morgan fingerprint density at radius 3 is 2.20 bits per heavy atom. The number of fused-ring (bicyclic) bond motifs is 1. The molecule has 2 rings (SSSR count). The minimum atomic E-state index is -0.460. The summed E-state index contributed by atoms with van der Waals surface area (Å²) in [5.41, 5.74) is 0. The third-order valence-corrected chi connectivity index (χ3v) is 2.00. The van der Waals surface area contributed by atoms with E-state index in [1.165, 1.54) is 0 Å². The summed E-state index contributed by atoms with van der Waals surface area (Å²) in [6.07, 6.45) is 0. The summed E-state index contributed by atoms with van der Waals surface area (Å²) >= 11 is 1.59. The van der Waals surface area contributed by atoms with Crippen molar-refractivity contribution in [3.63, 3.8) is 0 Å². The summed E-state index contributed by atoms with van der Waals surface area (Å²) in [6, 6.07) is 0. The Kier molecular flexibility index (Phi) is 1.01. The minimum absolute atomic E-state index is 0.460. The summed E-state index contributed by atoms with van der Waals surface area (Å²) in [6.45, 7) is 3.80. The first kappa shape index (κ1) is 6.04. The van der Waals surface area contributed by atoms with Crippen molar-refractivity contribution >= 4 is 11.3 Å². The molecule has 10 heavy (non-hydrogen) atoms. The summed E-state index contributed by atoms with van der Waals surface area (Å²) in [7, 11) is 0. The zero-order chi connectivity index (χ0) is 7.19. The number of ether oxygens (including phenoxy) is 2. The zero-order valence-corrected chi connectivity index (χ0v) is 6.70. The first-order valence-corrected chi connectivity index (χ1v) is 4.06. The Labute approximate surface area is 63.4 Å². The van der Waals surface area contributed by atoms with Gasteiger partial charge in [-0.2, -0.15) is 0 Å². The van der Waals surface area contributed by atoms with Crippen LogP contribution in [0.3, 0.4) is 0 Å². The molecule has 0 bridgehead atoms. The molecule has 1 aromatic rings. The molecule has 2 nitrogen and oxygen atoms in total. The van der Waals surface area contributed by atoms with Crippen LogP contribution in [0.25, 0.3) is 0 Å². The average molecular weight is 156 g/mol. The lowest BCUT2D eigenvalue weighted by molar-refractivity contribution is -0.0432. The highest BCUT2D eigenvalue weighted by atomic mass is 32.1. The molecule has 0 fully saturated rings. The predicted octanol–water partition coefficient (Wildman–Crippen LogP) is 2.26. The monoisotopic (exact) mass is 156 g/mol. The molecule has 0 spiro atoms. The maximum absolute atomic E-state index is 5.42. The van der Waals surface area contributed by atoms with Gasteiger partial charge in [-0.1, -0.05) is 0 Å². The molecular weight excluding hydrogens is 148 g/mol. The van der Waals surface area contributed by atoms with E-state index in [1.54, 1.807) is 11.3 Å². The van der Waals surface area contributed by atoms with E-state index in [0.29, 0.717) is 0 Å². The van der Waals surface area contributed by atoms with Gasteiger partial charge in [0.15, 0.2) is 11.5 Å². The SMILES string of the molecule is CC1(C)Oc2cscc2O1. The quantitative estimate of drug-likeness (QED) is 0.573. The number of thiophene rings is 1. The fourth-order valence-electron chi connectivity index (χ4n) is 0.973. The standard InChI is InChI=1S/C7H8O2S/c1-7(2)8-5-3-10-4-6(5)9-7/h3-4H,1-2H3. The molecule has 2 heterocycles. The Morgan fingerprint density at radius 2 is 1.70 bits per heavy atom. The van der Waals surface area contributed by atoms with E-state index in [-0.39, 0.29) is 0 Å². The van der Waals surface area contributed by atoms with Gasteiger partial charge in [-0.15, -0.1) is 11.3 Å². The van der Waals surface area contributed by atoms with Crippen LogP contribution in [0, 0.1) is 0 Å². The third-order valence-electron chi connectivity index (χ3n) is 1.30. The largest absolute Gasteiger partial charge is 0.448 e. The molecule has 0 saturated carbocycles. The fraction of sp³-hybridized carbons (Fsp3) is 0.429. The second kappa shape index (κ2) is 1.66. The van der Waals surface area contributed by atoms with E-state index in [1.807, 2.05) is 24.6 Å². The van der Waals surface area contributed by atoms with Crippen molar-refractivity contribution in [3.8, 4) is 11.5 Å². The van der Waals surface area contributed by atoms with Crippen molar-refractivity contribution in [1.29, 1.82) is 0 Å². The fourth-order valence-corrected chi connectivity index (χ4v) is 1.62. The van der Waals surface area contributed by atoms with Crippen LogP contribution >= 0.6 is 11.3 Å². The minimum Gasteiger partial charge on any atom is -0.448 e. The van der Waals surface area contributed by atoms with Crippen molar-refractivity contribution in [2.75, 3.05) is 0 Å². The van der Waals surface area contributed by atoms with Crippen LogP contribution in [-0.4, -0.2) is 5.79 Å². The molecular formula is C7H8O2S. The van der Waals surface area contributed by atoms with Crippen molar-refractivity contribution in [3.05, 3.63) is 10.8 Å². The lowest BCUT2D eigenvalue weighted by atomic mass is 10.4. The van der Waals surface area contributed by atoms with Gasteiger partial charge in [-0.05, 0) is 0 Å². The molecule has 0 aromatic carbocycles. The molecule has 1 aromatic heterocycles. The first-order valence-electron chi connectivity index (χ1n) is 3.12. The summed E-state index contributed by atoms with van der Waals surface area (Å²) < 4.78 is 10.8. The van der Waals surface area contributed by atoms with Crippen molar-refractivity contribution in [1.82, 2.24) is 0 Å². The van der Waals surface area contributed by atoms with E-state index in [2.05, 4.69) is 0 Å². The van der Waals surface area contributed by atoms with Gasteiger partial charge in [-0.25, -0.2) is 0 Å². The summed E-state index contributed by atoms with van der Waals surface area (Å²) in [4.78, 5) is 0. The van der Waals surface area contributed by atoms with Gasteiger partial charge in [-0.3, -0.25) is 0 Å². The average Bonchev–Trinajstić information content (AvgIpc) is 2.20. The molecule has 1 aliphatic rings. The van der Waals surface area contributed by atoms with Crippen LogP contribution in [0.15, 0.2) is 10.8 Å². The van der Waals surface area contributed by atoms with Crippen LogP contribution in [0.1, 0.15) is 13.8 Å². The molecule has 0 atom stereocenters. The van der Waals surface area contributed by atoms with Gasteiger partial charge in [0.2, 0.25) is 5.79 Å². The molecule has 0 aliphatic carbocycles. The van der Waals surface area contributed by atoms with Gasteiger partial charge in [0.1, 0.15) is 0 Å². The van der Waals surface area contributed by atoms with Crippen molar-refractivity contribution in [2.24, 2.45) is 0 Å². The Morgan fingerprint density at radius 1 is 1.20 bits per heavy atom. The molecule has 54 valence electrons. The van der Waals surface area contributed by atoms with E-state index in [9.17, 15) is 0 Å². The van der Waals surface area contributed by atoms with Crippen molar-refractivity contribution in [2.45, 2.75) is 19.6 Å². The highest BCUT2D eigenvalue weighted by molar-refractivity contribution is 7.08. The normalized spacial score (nSPS) is 19.4. The topological polar surface area (TPSA) is 18.5 Å². The van der Waals surface area contributed by atoms with Gasteiger partial charge < -0.3 is 9.47 Å². The predicted molar refractivity (Wildman–Crippen MR) is 39.7 cm³/mol. The highest BCUT2D eigenvalue weighted by Crippen LogP contribution is 2.41. The second-order valence-corrected chi connectivity index (χ2v) is 3.45. The lowest BCUT2D eigenvalue weighted by Gasteiger charge is -2.16. The van der Waals surface area contributed by atoms with E-state index in [0.717, 1.165) is 11.5 Å². The summed E-state index contributed by atoms with van der Waals surface area (Å²) in [5.74, 6) is 1.28. The molecule has 1 aliphatic heterocycles. The van der Waals surface area contributed by atoms with E-state index >= 15 is 0 Å². The van der Waals surface area contributed by atoms with Crippen LogP contribution in [0.5, 0.6) is 11.5 Å². The number of hydrogen-bond donors (Lipinski definition) is 0. The Bertz CT molecular complexity index is 229. The maximum Gasteiger partial charge on any atom is 0.246 e. The Balaban J connectivity index is 2.37. The van der Waals surface area contributed by atoms with Gasteiger partial charge in [0, 0.05) is 24.6 Å². The van der Waals surface area contributed by atoms with Gasteiger partial charge in [0.25, 0.3) is 0 Å². The van der Waals surface area contributed by atoms with Crippen LogP contribution in [-0.2, 0) is 0 Å². The molecule has 0 amide bonds. The van der Waals surface area contributed by atoms with Gasteiger partial charge >= 0.3 is 0 Å². The maximum atomic E-state index is 5.42. The van der Waals surface area contributed by atoms with E-state index in [4.69, 9.17) is 9.47 Å². The highest BCUT2D eigenvalue weighted by Gasteiger charge is 2.31. The molecule has 0 saturated heterocycles. The molecule has 0 unspecified atom stereocenters. The van der Waals surface area contributed by atoms with Crippen LogP contribution < -0.4 is 9.47 Å². The number of rotatable bonds is 0. The third kappa shape index (κ3) is 0.778. The van der Waals surface area contributed by atoms with Crippen LogP contribution in [0.2, 0.25) is 0 Å². The molecule has 0 N–H and O–H groups in total. The van der Waals surface area contributed by atoms with Gasteiger partial charge in [0.05, 0.1) is 0 Å². The zero-order valence-electron chi connectivity index (χ0n) is 5.88. The second-order valence-electron chi connectivity index (χ2n) is 2.70. The number of hydrogen-bond acceptors (Lipinski definition) is 3. The molecule has 3 heteroatoms. The Hall–Kier alpha value is -0.700. The van der Waals surface area contributed by atoms with Crippen LogP contribution in [0.4, 0.5) is 0 Å². The lowest BCUT2D eigenvalue weighted by Crippen LogP contribution is -2.29. The van der Waals surface area contributed by atoms with E-state index < -0.39 is 5.79 Å². The smallest absolute Gasteiger partial charge is 0.246 e. The summed E-state index contributed by atoms with van der Waals surface area (Å²) in [5, 5.41) is 3.90. The van der Waals surface area contributed by atoms with Crippen molar-refractivity contribution < 1.29 is 9.47 Å². The molecule has 0 radical (unpaired) electrons.